The van der Waals surface area contributed by atoms with Crippen molar-refractivity contribution >= 4 is 17.8 Å². The van der Waals surface area contributed by atoms with Crippen LogP contribution in [0.5, 0.6) is 5.75 Å². The molecule has 144 valence electrons. The van der Waals surface area contributed by atoms with E-state index in [9.17, 15) is 9.59 Å². The molecule has 2 heterocycles. The maximum absolute atomic E-state index is 12.4. The van der Waals surface area contributed by atoms with Crippen LogP contribution in [0.1, 0.15) is 45.0 Å². The van der Waals surface area contributed by atoms with E-state index < -0.39 is 5.60 Å². The SMILES string of the molecule is CNC(=O)c1cnc(N)c(OC2CN(C(=O)OC(C)(C)C)CC2(C)C)c1. The first-order chi connectivity index (χ1) is 11.9. The van der Waals surface area contributed by atoms with Crippen molar-refractivity contribution in [3.8, 4) is 5.75 Å². The van der Waals surface area contributed by atoms with Gasteiger partial charge >= 0.3 is 6.09 Å². The highest BCUT2D eigenvalue weighted by Gasteiger charge is 2.44. The van der Waals surface area contributed by atoms with E-state index in [1.54, 1.807) is 11.0 Å². The standard InChI is InChI=1S/C18H28N4O4/c1-17(2,3)26-16(24)22-9-13(18(4,5)10-22)25-12-7-11(15(23)20-6)8-21-14(12)19/h7-8,13H,9-10H2,1-6H3,(H2,19,21)(H,20,23). The van der Waals surface area contributed by atoms with Gasteiger partial charge < -0.3 is 25.4 Å². The summed E-state index contributed by atoms with van der Waals surface area (Å²) in [6.07, 6.45) is 0.717. The number of carbonyl (C=O) groups excluding carboxylic acids is 2. The molecule has 1 aliphatic heterocycles. The fraction of sp³-hybridized carbons (Fsp3) is 0.611. The molecule has 0 radical (unpaired) electrons. The number of pyridine rings is 1. The van der Waals surface area contributed by atoms with Crippen molar-refractivity contribution in [2.24, 2.45) is 5.41 Å². The Bertz CT molecular complexity index is 697. The lowest BCUT2D eigenvalue weighted by Gasteiger charge is -2.26. The molecule has 1 aromatic heterocycles. The second-order valence-corrected chi connectivity index (χ2v) is 8.14. The topological polar surface area (TPSA) is 107 Å². The number of nitrogens with two attached hydrogens (primary N) is 1. The summed E-state index contributed by atoms with van der Waals surface area (Å²) in [5.41, 5.74) is 5.39. The second kappa shape index (κ2) is 7.01. The van der Waals surface area contributed by atoms with E-state index in [0.717, 1.165) is 0 Å². The maximum Gasteiger partial charge on any atom is 0.410 e. The first kappa shape index (κ1) is 19.8. The fourth-order valence-electron chi connectivity index (χ4n) is 2.74. The summed E-state index contributed by atoms with van der Waals surface area (Å²) in [5, 5.41) is 2.54. The number of carbonyl (C=O) groups is 2. The molecule has 0 aliphatic carbocycles. The fourth-order valence-corrected chi connectivity index (χ4v) is 2.74. The Kier molecular flexibility index (Phi) is 5.34. The average Bonchev–Trinajstić information content (AvgIpc) is 2.82. The Morgan fingerprint density at radius 1 is 1.38 bits per heavy atom. The van der Waals surface area contributed by atoms with Crippen LogP contribution < -0.4 is 15.8 Å². The minimum absolute atomic E-state index is 0.198. The third-order valence-electron chi connectivity index (χ3n) is 4.15. The van der Waals surface area contributed by atoms with Gasteiger partial charge in [0.25, 0.3) is 5.91 Å². The first-order valence-electron chi connectivity index (χ1n) is 8.55. The zero-order valence-corrected chi connectivity index (χ0v) is 16.3. The number of aromatic nitrogens is 1. The number of rotatable bonds is 3. The van der Waals surface area contributed by atoms with Crippen molar-refractivity contribution in [1.82, 2.24) is 15.2 Å². The van der Waals surface area contributed by atoms with E-state index in [-0.39, 0.29) is 29.3 Å². The lowest BCUT2D eigenvalue weighted by Crippen LogP contribution is -2.36. The molecule has 8 heteroatoms. The Morgan fingerprint density at radius 2 is 2.04 bits per heavy atom. The predicted molar refractivity (Wildman–Crippen MR) is 98.0 cm³/mol. The number of ether oxygens (including phenoxy) is 2. The van der Waals surface area contributed by atoms with Gasteiger partial charge in [0.05, 0.1) is 12.1 Å². The Labute approximate surface area is 154 Å². The van der Waals surface area contributed by atoms with Crippen LogP contribution in [-0.4, -0.2) is 53.7 Å². The largest absolute Gasteiger partial charge is 0.484 e. The van der Waals surface area contributed by atoms with E-state index in [1.807, 2.05) is 34.6 Å². The minimum Gasteiger partial charge on any atom is -0.484 e. The molecule has 0 bridgehead atoms. The van der Waals surface area contributed by atoms with E-state index in [2.05, 4.69) is 10.3 Å². The van der Waals surface area contributed by atoms with Crippen molar-refractivity contribution in [3.63, 3.8) is 0 Å². The smallest absolute Gasteiger partial charge is 0.410 e. The second-order valence-electron chi connectivity index (χ2n) is 8.14. The average molecular weight is 364 g/mol. The molecule has 26 heavy (non-hydrogen) atoms. The molecule has 2 amide bonds. The summed E-state index contributed by atoms with van der Waals surface area (Å²) in [4.78, 5) is 29.8. The van der Waals surface area contributed by atoms with Crippen LogP contribution in [0.2, 0.25) is 0 Å². The van der Waals surface area contributed by atoms with Crippen LogP contribution >= 0.6 is 0 Å². The number of anilines is 1. The van der Waals surface area contributed by atoms with Crippen LogP contribution in [0.3, 0.4) is 0 Å². The maximum atomic E-state index is 12.4. The van der Waals surface area contributed by atoms with Crippen LogP contribution in [0.25, 0.3) is 0 Å². The van der Waals surface area contributed by atoms with Gasteiger partial charge in [-0.3, -0.25) is 4.79 Å². The number of hydrogen-bond donors (Lipinski definition) is 2. The predicted octanol–water partition coefficient (Wildman–Crippen LogP) is 2.05. The van der Waals surface area contributed by atoms with Crippen LogP contribution in [0.4, 0.5) is 10.6 Å². The molecule has 8 nitrogen and oxygen atoms in total. The van der Waals surface area contributed by atoms with Gasteiger partial charge in [-0.25, -0.2) is 9.78 Å². The number of nitrogens with zero attached hydrogens (tertiary/aromatic N) is 2. The summed E-state index contributed by atoms with van der Waals surface area (Å²) < 4.78 is 11.5. The van der Waals surface area contributed by atoms with Crippen molar-refractivity contribution < 1.29 is 19.1 Å². The quantitative estimate of drug-likeness (QED) is 0.850. The molecule has 2 rings (SSSR count). The molecule has 0 aromatic carbocycles. The summed E-state index contributed by atoms with van der Waals surface area (Å²) >= 11 is 0. The highest BCUT2D eigenvalue weighted by atomic mass is 16.6. The Morgan fingerprint density at radius 3 is 2.62 bits per heavy atom. The zero-order valence-electron chi connectivity index (χ0n) is 16.3. The summed E-state index contributed by atoms with van der Waals surface area (Å²) in [6, 6.07) is 1.56. The number of amides is 2. The molecule has 0 spiro atoms. The molecule has 1 fully saturated rings. The first-order valence-corrected chi connectivity index (χ1v) is 8.55. The van der Waals surface area contributed by atoms with Crippen molar-refractivity contribution in [1.29, 1.82) is 0 Å². The molecule has 1 aromatic rings. The molecule has 1 unspecified atom stereocenters. The number of likely N-dealkylation sites (tertiary alicyclic amines) is 1. The third kappa shape index (κ3) is 4.56. The number of nitrogen functional groups attached to an aromatic ring is 1. The van der Waals surface area contributed by atoms with Gasteiger partial charge in [0, 0.05) is 25.2 Å². The van der Waals surface area contributed by atoms with Gasteiger partial charge in [0.2, 0.25) is 0 Å². The van der Waals surface area contributed by atoms with E-state index in [4.69, 9.17) is 15.2 Å². The summed E-state index contributed by atoms with van der Waals surface area (Å²) in [5.74, 6) is 0.253. The van der Waals surface area contributed by atoms with Crippen molar-refractivity contribution in [2.75, 3.05) is 25.9 Å². The molecule has 1 saturated heterocycles. The van der Waals surface area contributed by atoms with Crippen molar-refractivity contribution in [2.45, 2.75) is 46.3 Å². The molecular formula is C18H28N4O4. The Balaban J connectivity index is 2.16. The van der Waals surface area contributed by atoms with Crippen LogP contribution in [0.15, 0.2) is 12.3 Å². The minimum atomic E-state index is -0.559. The highest BCUT2D eigenvalue weighted by molar-refractivity contribution is 5.94. The highest BCUT2D eigenvalue weighted by Crippen LogP contribution is 2.35. The lowest BCUT2D eigenvalue weighted by atomic mass is 9.90. The van der Waals surface area contributed by atoms with Crippen LogP contribution in [-0.2, 0) is 4.74 Å². The lowest BCUT2D eigenvalue weighted by molar-refractivity contribution is 0.0272. The van der Waals surface area contributed by atoms with E-state index in [0.29, 0.717) is 24.4 Å². The van der Waals surface area contributed by atoms with E-state index >= 15 is 0 Å². The van der Waals surface area contributed by atoms with Gasteiger partial charge in [0.1, 0.15) is 11.7 Å². The third-order valence-corrected chi connectivity index (χ3v) is 4.15. The summed E-state index contributed by atoms with van der Waals surface area (Å²) in [7, 11) is 1.54. The molecular weight excluding hydrogens is 336 g/mol. The van der Waals surface area contributed by atoms with Crippen molar-refractivity contribution in [3.05, 3.63) is 17.8 Å². The molecule has 1 aliphatic rings. The normalized spacial score (nSPS) is 19.2. The summed E-state index contributed by atoms with van der Waals surface area (Å²) in [6.45, 7) is 10.4. The van der Waals surface area contributed by atoms with Crippen LogP contribution in [0, 0.1) is 5.41 Å². The Hall–Kier alpha value is -2.51. The molecule has 0 saturated carbocycles. The van der Waals surface area contributed by atoms with Gasteiger partial charge in [-0.15, -0.1) is 0 Å². The zero-order chi connectivity index (χ0) is 19.7. The molecule has 1 atom stereocenters. The van der Waals surface area contributed by atoms with Gasteiger partial charge in [0.15, 0.2) is 11.6 Å². The monoisotopic (exact) mass is 364 g/mol. The molecule has 3 N–H and O–H groups in total. The van der Waals surface area contributed by atoms with Gasteiger partial charge in [-0.1, -0.05) is 13.8 Å². The number of hydrogen-bond acceptors (Lipinski definition) is 6. The number of nitrogens with one attached hydrogen (secondary N) is 1. The van der Waals surface area contributed by atoms with Gasteiger partial charge in [-0.2, -0.15) is 0 Å². The van der Waals surface area contributed by atoms with E-state index in [1.165, 1.54) is 13.2 Å². The van der Waals surface area contributed by atoms with Gasteiger partial charge in [-0.05, 0) is 26.8 Å².